The highest BCUT2D eigenvalue weighted by molar-refractivity contribution is 5.85. The van der Waals surface area contributed by atoms with Gasteiger partial charge in [-0.1, -0.05) is 18.2 Å². The van der Waals surface area contributed by atoms with Crippen molar-refractivity contribution in [3.05, 3.63) is 34.9 Å². The average molecular weight is 241 g/mol. The van der Waals surface area contributed by atoms with Gasteiger partial charge in [0, 0.05) is 25.7 Å². The normalized spacial score (nSPS) is 20.8. The van der Waals surface area contributed by atoms with Gasteiger partial charge in [-0.2, -0.15) is 0 Å². The lowest BCUT2D eigenvalue weighted by Crippen LogP contribution is -2.26. The molecule has 2 nitrogen and oxygen atoms in total. The van der Waals surface area contributed by atoms with E-state index in [1.807, 2.05) is 0 Å². The first kappa shape index (κ1) is 13.5. The molecule has 0 bridgehead atoms. The minimum atomic E-state index is 0. The number of aryl methyl sites for hydroxylation is 2. The molecule has 0 saturated carbocycles. The van der Waals surface area contributed by atoms with E-state index in [1.165, 1.54) is 16.7 Å². The van der Waals surface area contributed by atoms with Gasteiger partial charge in [-0.05, 0) is 37.0 Å². The molecule has 1 aliphatic heterocycles. The fraction of sp³-hybridized carbons (Fsp3) is 0.538. The lowest BCUT2D eigenvalue weighted by Gasteiger charge is -2.15. The van der Waals surface area contributed by atoms with Gasteiger partial charge in [-0.3, -0.25) is 4.90 Å². The van der Waals surface area contributed by atoms with E-state index in [1.54, 1.807) is 0 Å². The molecular weight excluding hydrogens is 220 g/mol. The fourth-order valence-corrected chi connectivity index (χ4v) is 2.17. The summed E-state index contributed by atoms with van der Waals surface area (Å²) in [4.78, 5) is 2.44. The SMILES string of the molecule is Cc1ccc(CN2CC[C@H](N)C2)cc1C.Cl. The molecule has 1 saturated heterocycles. The Morgan fingerprint density at radius 3 is 2.62 bits per heavy atom. The molecule has 2 rings (SSSR count). The van der Waals surface area contributed by atoms with Crippen molar-refractivity contribution in [1.82, 2.24) is 4.90 Å². The number of hydrogen-bond donors (Lipinski definition) is 1. The zero-order valence-electron chi connectivity index (χ0n) is 10.1. The van der Waals surface area contributed by atoms with Gasteiger partial charge in [-0.15, -0.1) is 12.4 Å². The van der Waals surface area contributed by atoms with E-state index in [4.69, 9.17) is 5.73 Å². The number of nitrogens with two attached hydrogens (primary N) is 1. The smallest absolute Gasteiger partial charge is 0.0234 e. The molecule has 0 aromatic heterocycles. The Labute approximate surface area is 104 Å². The number of hydrogen-bond acceptors (Lipinski definition) is 2. The van der Waals surface area contributed by atoms with Gasteiger partial charge in [0.15, 0.2) is 0 Å². The summed E-state index contributed by atoms with van der Waals surface area (Å²) >= 11 is 0. The van der Waals surface area contributed by atoms with Crippen LogP contribution >= 0.6 is 12.4 Å². The first-order valence-electron chi connectivity index (χ1n) is 5.69. The maximum atomic E-state index is 5.89. The molecule has 1 heterocycles. The summed E-state index contributed by atoms with van der Waals surface area (Å²) in [6.07, 6.45) is 1.14. The second-order valence-electron chi connectivity index (χ2n) is 4.70. The Morgan fingerprint density at radius 1 is 1.31 bits per heavy atom. The number of rotatable bonds is 2. The Morgan fingerprint density at radius 2 is 2.06 bits per heavy atom. The Hall–Kier alpha value is -0.570. The van der Waals surface area contributed by atoms with Crippen LogP contribution in [-0.2, 0) is 6.54 Å². The highest BCUT2D eigenvalue weighted by Crippen LogP contribution is 2.15. The number of likely N-dealkylation sites (tertiary alicyclic amines) is 1. The first-order chi connectivity index (χ1) is 7.15. The molecule has 1 aromatic carbocycles. The maximum Gasteiger partial charge on any atom is 0.0234 e. The van der Waals surface area contributed by atoms with Crippen molar-refractivity contribution >= 4 is 12.4 Å². The summed E-state index contributed by atoms with van der Waals surface area (Å²) in [6.45, 7) is 7.58. The molecule has 1 fully saturated rings. The third-order valence-electron chi connectivity index (χ3n) is 3.29. The third kappa shape index (κ3) is 3.21. The van der Waals surface area contributed by atoms with Gasteiger partial charge in [0.2, 0.25) is 0 Å². The lowest BCUT2D eigenvalue weighted by atomic mass is 10.1. The van der Waals surface area contributed by atoms with Gasteiger partial charge >= 0.3 is 0 Å². The Balaban J connectivity index is 0.00000128. The van der Waals surface area contributed by atoms with E-state index >= 15 is 0 Å². The quantitative estimate of drug-likeness (QED) is 0.859. The molecule has 1 aliphatic rings. The van der Waals surface area contributed by atoms with Crippen molar-refractivity contribution in [2.75, 3.05) is 13.1 Å². The summed E-state index contributed by atoms with van der Waals surface area (Å²) in [5, 5.41) is 0. The van der Waals surface area contributed by atoms with Gasteiger partial charge < -0.3 is 5.73 Å². The van der Waals surface area contributed by atoms with Crippen molar-refractivity contribution in [2.24, 2.45) is 5.73 Å². The average Bonchev–Trinajstić information content (AvgIpc) is 2.58. The molecule has 0 spiro atoms. The van der Waals surface area contributed by atoms with Gasteiger partial charge in [-0.25, -0.2) is 0 Å². The molecule has 1 atom stereocenters. The van der Waals surface area contributed by atoms with Crippen LogP contribution in [0.5, 0.6) is 0 Å². The van der Waals surface area contributed by atoms with Gasteiger partial charge in [0.05, 0.1) is 0 Å². The third-order valence-corrected chi connectivity index (χ3v) is 3.29. The number of nitrogens with zero attached hydrogens (tertiary/aromatic N) is 1. The van der Waals surface area contributed by atoms with Crippen LogP contribution in [0.4, 0.5) is 0 Å². The van der Waals surface area contributed by atoms with E-state index < -0.39 is 0 Å². The predicted molar refractivity (Wildman–Crippen MR) is 71.0 cm³/mol. The molecular formula is C13H21ClN2. The predicted octanol–water partition coefficient (Wildman–Crippen LogP) is 2.26. The number of benzene rings is 1. The van der Waals surface area contributed by atoms with Crippen molar-refractivity contribution < 1.29 is 0 Å². The van der Waals surface area contributed by atoms with Crippen LogP contribution in [0, 0.1) is 13.8 Å². The summed E-state index contributed by atoms with van der Waals surface area (Å²) in [7, 11) is 0. The van der Waals surface area contributed by atoms with E-state index in [-0.39, 0.29) is 12.4 Å². The highest BCUT2D eigenvalue weighted by atomic mass is 35.5. The fourth-order valence-electron chi connectivity index (χ4n) is 2.17. The molecule has 0 aliphatic carbocycles. The van der Waals surface area contributed by atoms with Gasteiger partial charge in [0.25, 0.3) is 0 Å². The van der Waals surface area contributed by atoms with Crippen LogP contribution in [0.1, 0.15) is 23.1 Å². The lowest BCUT2D eigenvalue weighted by molar-refractivity contribution is 0.327. The molecule has 3 heteroatoms. The Bertz CT molecular complexity index is 352. The zero-order chi connectivity index (χ0) is 10.8. The van der Waals surface area contributed by atoms with E-state index in [9.17, 15) is 0 Å². The second kappa shape index (κ2) is 5.67. The first-order valence-corrected chi connectivity index (χ1v) is 5.69. The van der Waals surface area contributed by atoms with Crippen LogP contribution in [0.25, 0.3) is 0 Å². The van der Waals surface area contributed by atoms with Crippen LogP contribution in [0.15, 0.2) is 18.2 Å². The van der Waals surface area contributed by atoms with Crippen molar-refractivity contribution in [2.45, 2.75) is 32.9 Å². The van der Waals surface area contributed by atoms with E-state index in [2.05, 4.69) is 36.9 Å². The minimum Gasteiger partial charge on any atom is -0.326 e. The second-order valence-corrected chi connectivity index (χ2v) is 4.70. The summed E-state index contributed by atoms with van der Waals surface area (Å²) in [5.74, 6) is 0. The largest absolute Gasteiger partial charge is 0.326 e. The van der Waals surface area contributed by atoms with Crippen LogP contribution in [-0.4, -0.2) is 24.0 Å². The molecule has 0 amide bonds. The summed E-state index contributed by atoms with van der Waals surface area (Å²) in [6, 6.07) is 7.11. The van der Waals surface area contributed by atoms with Crippen molar-refractivity contribution in [1.29, 1.82) is 0 Å². The topological polar surface area (TPSA) is 29.3 Å². The molecule has 0 radical (unpaired) electrons. The van der Waals surface area contributed by atoms with Gasteiger partial charge in [0.1, 0.15) is 0 Å². The summed E-state index contributed by atoms with van der Waals surface area (Å²) < 4.78 is 0. The molecule has 90 valence electrons. The Kier molecular flexibility index (Phi) is 4.78. The standard InChI is InChI=1S/C13H20N2.ClH/c1-10-3-4-12(7-11(10)2)8-15-6-5-13(14)9-15;/h3-4,7,13H,5-6,8-9,14H2,1-2H3;1H/t13-;/m0./s1. The van der Waals surface area contributed by atoms with Crippen molar-refractivity contribution in [3.8, 4) is 0 Å². The molecule has 1 aromatic rings. The van der Waals surface area contributed by atoms with Crippen LogP contribution < -0.4 is 5.73 Å². The summed E-state index contributed by atoms with van der Waals surface area (Å²) in [5.41, 5.74) is 10.1. The maximum absolute atomic E-state index is 5.89. The van der Waals surface area contributed by atoms with E-state index in [0.717, 1.165) is 26.1 Å². The van der Waals surface area contributed by atoms with Crippen LogP contribution in [0.2, 0.25) is 0 Å². The molecule has 16 heavy (non-hydrogen) atoms. The molecule has 0 unspecified atom stereocenters. The molecule has 2 N–H and O–H groups in total. The minimum absolute atomic E-state index is 0. The highest BCUT2D eigenvalue weighted by Gasteiger charge is 2.18. The monoisotopic (exact) mass is 240 g/mol. The van der Waals surface area contributed by atoms with Crippen molar-refractivity contribution in [3.63, 3.8) is 0 Å². The van der Waals surface area contributed by atoms with E-state index in [0.29, 0.717) is 6.04 Å². The zero-order valence-corrected chi connectivity index (χ0v) is 10.9. The number of halogens is 1. The van der Waals surface area contributed by atoms with Crippen LogP contribution in [0.3, 0.4) is 0 Å².